The number of allylic oxidation sites excluding steroid dienone is 2. The van der Waals surface area contributed by atoms with Crippen LogP contribution in [0.5, 0.6) is 6.08 Å². The van der Waals surface area contributed by atoms with Crippen molar-refractivity contribution >= 4 is 17.0 Å². The maximum Gasteiger partial charge on any atom is 0.395 e. The average molecular weight is 342 g/mol. The lowest BCUT2D eigenvalue weighted by Gasteiger charge is -2.37. The molecule has 1 heterocycles. The van der Waals surface area contributed by atoms with E-state index in [0.29, 0.717) is 18.0 Å². The van der Waals surface area contributed by atoms with Crippen LogP contribution < -0.4 is 4.74 Å². The molecule has 1 atom stereocenters. The summed E-state index contributed by atoms with van der Waals surface area (Å²) in [5.41, 5.74) is 2.68. The predicted molar refractivity (Wildman–Crippen MR) is 97.2 cm³/mol. The van der Waals surface area contributed by atoms with Crippen LogP contribution in [0.2, 0.25) is 0 Å². The Hall–Kier alpha value is -2.30. The van der Waals surface area contributed by atoms with E-state index < -0.39 is 0 Å². The molecule has 0 bridgehead atoms. The highest BCUT2D eigenvalue weighted by Crippen LogP contribution is 2.39. The van der Waals surface area contributed by atoms with Crippen LogP contribution in [0, 0.1) is 11.3 Å². The molecule has 0 saturated carbocycles. The van der Waals surface area contributed by atoms with Crippen molar-refractivity contribution in [3.05, 3.63) is 36.0 Å². The molecule has 0 aliphatic heterocycles. The quantitative estimate of drug-likeness (QED) is 0.808. The second kappa shape index (κ2) is 6.90. The summed E-state index contributed by atoms with van der Waals surface area (Å²) in [7, 11) is 0. The highest BCUT2D eigenvalue weighted by Gasteiger charge is 2.30. The van der Waals surface area contributed by atoms with Gasteiger partial charge in [0.15, 0.2) is 12.2 Å². The van der Waals surface area contributed by atoms with Crippen molar-refractivity contribution in [2.45, 2.75) is 40.5 Å². The monoisotopic (exact) mass is 342 g/mol. The first-order valence-corrected chi connectivity index (χ1v) is 8.87. The maximum atomic E-state index is 12.7. The highest BCUT2D eigenvalue weighted by atomic mass is 16.6. The summed E-state index contributed by atoms with van der Waals surface area (Å²) in [6.45, 7) is 9.25. The van der Waals surface area contributed by atoms with Crippen molar-refractivity contribution in [3.8, 4) is 6.08 Å². The fraction of sp³-hybridized carbons (Fsp3) is 0.500. The first kappa shape index (κ1) is 17.5. The van der Waals surface area contributed by atoms with Crippen molar-refractivity contribution in [1.82, 2.24) is 9.88 Å². The molecule has 1 aromatic heterocycles. The molecule has 0 N–H and O–H groups in total. The van der Waals surface area contributed by atoms with Gasteiger partial charge in [-0.25, -0.2) is 0 Å². The average Bonchev–Trinajstić information content (AvgIpc) is 2.94. The van der Waals surface area contributed by atoms with Crippen LogP contribution in [0.1, 0.15) is 40.5 Å². The molecule has 0 saturated heterocycles. The summed E-state index contributed by atoms with van der Waals surface area (Å²) < 4.78 is 11.0. The van der Waals surface area contributed by atoms with E-state index in [1.54, 1.807) is 0 Å². The fourth-order valence-corrected chi connectivity index (χ4v) is 3.72. The van der Waals surface area contributed by atoms with Gasteiger partial charge in [-0.05, 0) is 43.2 Å². The Bertz CT molecular complexity index is 758. The molecule has 1 aliphatic rings. The Kier molecular flexibility index (Phi) is 4.84. The van der Waals surface area contributed by atoms with E-state index >= 15 is 0 Å². The number of nitrogens with zero attached hydrogens (tertiary/aromatic N) is 2. The van der Waals surface area contributed by atoms with E-state index in [1.165, 1.54) is 0 Å². The topological polar surface area (TPSA) is 55.6 Å². The SMILES string of the molecule is CCN(C(=O)COc1nc2ccccc2o1)C1=CC(C)CC(C)(C)C1. The van der Waals surface area contributed by atoms with Gasteiger partial charge in [0, 0.05) is 12.2 Å². The number of para-hydroxylation sites is 2. The van der Waals surface area contributed by atoms with E-state index in [-0.39, 0.29) is 24.0 Å². The number of hydrogen-bond donors (Lipinski definition) is 0. The summed E-state index contributed by atoms with van der Waals surface area (Å²) in [4.78, 5) is 18.7. The molecule has 1 aromatic carbocycles. The summed E-state index contributed by atoms with van der Waals surface area (Å²) >= 11 is 0. The minimum atomic E-state index is -0.0766. The molecule has 5 heteroatoms. The molecule has 1 amide bonds. The Morgan fingerprint density at radius 2 is 2.16 bits per heavy atom. The third-order valence-corrected chi connectivity index (χ3v) is 4.57. The Morgan fingerprint density at radius 1 is 1.40 bits per heavy atom. The molecule has 0 radical (unpaired) electrons. The lowest BCUT2D eigenvalue weighted by Crippen LogP contribution is -2.37. The van der Waals surface area contributed by atoms with Crippen LogP contribution in [-0.4, -0.2) is 28.9 Å². The van der Waals surface area contributed by atoms with Gasteiger partial charge in [-0.3, -0.25) is 4.79 Å². The van der Waals surface area contributed by atoms with Crippen molar-refractivity contribution in [3.63, 3.8) is 0 Å². The van der Waals surface area contributed by atoms with Gasteiger partial charge < -0.3 is 14.1 Å². The molecule has 134 valence electrons. The number of carbonyl (C=O) groups excluding carboxylic acids is 1. The van der Waals surface area contributed by atoms with Gasteiger partial charge in [0.2, 0.25) is 0 Å². The molecule has 25 heavy (non-hydrogen) atoms. The Balaban J connectivity index is 1.68. The number of carbonyl (C=O) groups is 1. The van der Waals surface area contributed by atoms with Crippen LogP contribution in [0.4, 0.5) is 0 Å². The summed E-state index contributed by atoms with van der Waals surface area (Å²) in [6.07, 6.45) is 4.39. The number of aromatic nitrogens is 1. The molecule has 5 nitrogen and oxygen atoms in total. The Morgan fingerprint density at radius 3 is 2.84 bits per heavy atom. The number of hydrogen-bond acceptors (Lipinski definition) is 4. The number of benzene rings is 1. The maximum absolute atomic E-state index is 12.7. The number of amides is 1. The normalized spacial score (nSPS) is 19.5. The Labute approximate surface area is 148 Å². The van der Waals surface area contributed by atoms with E-state index in [4.69, 9.17) is 9.15 Å². The molecule has 2 aromatic rings. The number of likely N-dealkylation sites (N-methyl/N-ethyl adjacent to an activating group) is 1. The van der Waals surface area contributed by atoms with Crippen LogP contribution in [0.25, 0.3) is 11.1 Å². The molecule has 3 rings (SSSR count). The van der Waals surface area contributed by atoms with E-state index in [1.807, 2.05) is 36.1 Å². The molecule has 0 fully saturated rings. The number of fused-ring (bicyclic) bond motifs is 1. The largest absolute Gasteiger partial charge is 0.440 e. The number of rotatable bonds is 5. The first-order valence-electron chi connectivity index (χ1n) is 8.87. The van der Waals surface area contributed by atoms with E-state index in [2.05, 4.69) is 31.8 Å². The van der Waals surface area contributed by atoms with Gasteiger partial charge >= 0.3 is 6.08 Å². The summed E-state index contributed by atoms with van der Waals surface area (Å²) in [5.74, 6) is 0.402. The standard InChI is InChI=1S/C20H26N2O3/c1-5-22(15-10-14(2)11-20(3,4)12-15)18(23)13-24-19-21-16-8-6-7-9-17(16)25-19/h6-10,14H,5,11-13H2,1-4H3. The minimum Gasteiger partial charge on any atom is -0.440 e. The molecule has 1 aliphatic carbocycles. The van der Waals surface area contributed by atoms with Crippen LogP contribution in [0.3, 0.4) is 0 Å². The number of oxazole rings is 1. The van der Waals surface area contributed by atoms with Crippen LogP contribution in [-0.2, 0) is 4.79 Å². The van der Waals surface area contributed by atoms with Crippen LogP contribution in [0.15, 0.2) is 40.5 Å². The lowest BCUT2D eigenvalue weighted by atomic mass is 9.75. The second-order valence-corrected chi connectivity index (χ2v) is 7.55. The lowest BCUT2D eigenvalue weighted by molar-refractivity contribution is -0.132. The molecule has 0 spiro atoms. The third-order valence-electron chi connectivity index (χ3n) is 4.57. The van der Waals surface area contributed by atoms with E-state index in [0.717, 1.165) is 24.1 Å². The van der Waals surface area contributed by atoms with Crippen molar-refractivity contribution in [1.29, 1.82) is 0 Å². The molecular formula is C20H26N2O3. The van der Waals surface area contributed by atoms with Crippen molar-refractivity contribution in [2.24, 2.45) is 11.3 Å². The molecule has 1 unspecified atom stereocenters. The zero-order valence-corrected chi connectivity index (χ0v) is 15.4. The van der Waals surface area contributed by atoms with Crippen molar-refractivity contribution < 1.29 is 13.9 Å². The predicted octanol–water partition coefficient (Wildman–Crippen LogP) is 4.40. The van der Waals surface area contributed by atoms with Crippen molar-refractivity contribution in [2.75, 3.05) is 13.2 Å². The number of ether oxygens (including phenoxy) is 1. The first-order chi connectivity index (χ1) is 11.9. The van der Waals surface area contributed by atoms with Gasteiger partial charge in [-0.1, -0.05) is 39.0 Å². The summed E-state index contributed by atoms with van der Waals surface area (Å²) in [5, 5.41) is 0. The van der Waals surface area contributed by atoms with Gasteiger partial charge in [0.05, 0.1) is 0 Å². The van der Waals surface area contributed by atoms with Crippen LogP contribution >= 0.6 is 0 Å². The second-order valence-electron chi connectivity index (χ2n) is 7.55. The zero-order valence-electron chi connectivity index (χ0n) is 15.4. The third kappa shape index (κ3) is 4.03. The zero-order chi connectivity index (χ0) is 18.0. The van der Waals surface area contributed by atoms with Gasteiger partial charge in [0.1, 0.15) is 5.52 Å². The fourth-order valence-electron chi connectivity index (χ4n) is 3.72. The van der Waals surface area contributed by atoms with E-state index in [9.17, 15) is 4.79 Å². The van der Waals surface area contributed by atoms with Gasteiger partial charge in [-0.2, -0.15) is 4.98 Å². The van der Waals surface area contributed by atoms with Gasteiger partial charge in [0.25, 0.3) is 5.91 Å². The van der Waals surface area contributed by atoms with Gasteiger partial charge in [-0.15, -0.1) is 0 Å². The smallest absolute Gasteiger partial charge is 0.395 e. The minimum absolute atomic E-state index is 0.0686. The molecular weight excluding hydrogens is 316 g/mol. The highest BCUT2D eigenvalue weighted by molar-refractivity contribution is 5.79. The summed E-state index contributed by atoms with van der Waals surface area (Å²) in [6, 6.07) is 7.44.